The Morgan fingerprint density at radius 3 is 2.69 bits per heavy atom. The summed E-state index contributed by atoms with van der Waals surface area (Å²) in [5.41, 5.74) is 2.14. The Hall–Kier alpha value is -3.26. The number of para-hydroxylation sites is 1. The molecule has 1 aliphatic rings. The highest BCUT2D eigenvalue weighted by atomic mass is 79.9. The molecule has 146 valence electrons. The molecule has 3 aromatic rings. The fourth-order valence-electron chi connectivity index (χ4n) is 3.28. The predicted octanol–water partition coefficient (Wildman–Crippen LogP) is 3.81. The monoisotopic (exact) mass is 452 g/mol. The van der Waals surface area contributed by atoms with Gasteiger partial charge in [-0.15, -0.1) is 0 Å². The highest BCUT2D eigenvalue weighted by Gasteiger charge is 2.34. The molecule has 2 heterocycles. The van der Waals surface area contributed by atoms with Gasteiger partial charge in [-0.3, -0.25) is 19.5 Å². The quantitative estimate of drug-likeness (QED) is 0.454. The van der Waals surface area contributed by atoms with Crippen molar-refractivity contribution in [3.8, 4) is 0 Å². The molecule has 0 aliphatic carbocycles. The summed E-state index contributed by atoms with van der Waals surface area (Å²) in [7, 11) is 0. The van der Waals surface area contributed by atoms with Crippen molar-refractivity contribution in [1.29, 1.82) is 0 Å². The minimum Gasteiger partial charge on any atom is -0.338 e. The van der Waals surface area contributed by atoms with Crippen LogP contribution in [0.3, 0.4) is 0 Å². The van der Waals surface area contributed by atoms with Gasteiger partial charge >= 0.3 is 6.03 Å². The number of halogens is 1. The normalized spacial score (nSPS) is 12.9. The van der Waals surface area contributed by atoms with Crippen LogP contribution in [0.25, 0.3) is 10.9 Å². The third-order valence-electron chi connectivity index (χ3n) is 4.66. The number of rotatable bonds is 5. The van der Waals surface area contributed by atoms with Crippen molar-refractivity contribution in [3.05, 3.63) is 70.3 Å². The van der Waals surface area contributed by atoms with Crippen LogP contribution in [0.15, 0.2) is 59.2 Å². The first-order chi connectivity index (χ1) is 14.0. The summed E-state index contributed by atoms with van der Waals surface area (Å²) in [6.45, 7) is 0.557. The van der Waals surface area contributed by atoms with Gasteiger partial charge in [-0.1, -0.05) is 34.1 Å². The molecule has 0 atom stereocenters. The zero-order chi connectivity index (χ0) is 20.4. The molecule has 0 radical (unpaired) electrons. The second-order valence-electron chi connectivity index (χ2n) is 6.57. The first-order valence-corrected chi connectivity index (χ1v) is 9.88. The van der Waals surface area contributed by atoms with Crippen molar-refractivity contribution in [2.24, 2.45) is 0 Å². The van der Waals surface area contributed by atoms with E-state index in [0.717, 1.165) is 9.86 Å². The van der Waals surface area contributed by atoms with Crippen molar-refractivity contribution in [2.75, 3.05) is 18.4 Å². The van der Waals surface area contributed by atoms with Crippen molar-refractivity contribution < 1.29 is 14.4 Å². The van der Waals surface area contributed by atoms with E-state index in [4.69, 9.17) is 0 Å². The van der Waals surface area contributed by atoms with Crippen LogP contribution in [0, 0.1) is 0 Å². The predicted molar refractivity (Wildman–Crippen MR) is 113 cm³/mol. The van der Waals surface area contributed by atoms with E-state index in [9.17, 15) is 14.4 Å². The molecule has 1 aromatic heterocycles. The van der Waals surface area contributed by atoms with E-state index in [0.29, 0.717) is 35.3 Å². The van der Waals surface area contributed by atoms with Crippen molar-refractivity contribution in [2.45, 2.75) is 6.42 Å². The molecule has 2 N–H and O–H groups in total. The number of pyridine rings is 1. The first-order valence-electron chi connectivity index (χ1n) is 9.09. The molecule has 0 saturated heterocycles. The molecule has 0 bridgehead atoms. The van der Waals surface area contributed by atoms with Crippen molar-refractivity contribution >= 4 is 50.4 Å². The SMILES string of the molecule is O=C(NCCCN1C(=O)c2ccc(Br)cc2C1=O)Nc1cccc2cccnc12. The summed E-state index contributed by atoms with van der Waals surface area (Å²) < 4.78 is 0.750. The molecular weight excluding hydrogens is 436 g/mol. The Kier molecular flexibility index (Phi) is 5.26. The van der Waals surface area contributed by atoms with Gasteiger partial charge in [-0.2, -0.15) is 0 Å². The highest BCUT2D eigenvalue weighted by molar-refractivity contribution is 9.10. The third-order valence-corrected chi connectivity index (χ3v) is 5.15. The summed E-state index contributed by atoms with van der Waals surface area (Å²) in [6.07, 6.45) is 2.12. The van der Waals surface area contributed by atoms with Gasteiger partial charge in [-0.05, 0) is 36.8 Å². The van der Waals surface area contributed by atoms with E-state index >= 15 is 0 Å². The fourth-order valence-corrected chi connectivity index (χ4v) is 3.64. The van der Waals surface area contributed by atoms with E-state index in [1.54, 1.807) is 30.5 Å². The molecule has 29 heavy (non-hydrogen) atoms. The minimum absolute atomic E-state index is 0.236. The lowest BCUT2D eigenvalue weighted by Gasteiger charge is -2.14. The lowest BCUT2D eigenvalue weighted by molar-refractivity contribution is 0.0653. The molecule has 1 aliphatic heterocycles. The maximum Gasteiger partial charge on any atom is 0.319 e. The number of fused-ring (bicyclic) bond motifs is 2. The molecular formula is C21H17BrN4O3. The smallest absolute Gasteiger partial charge is 0.319 e. The van der Waals surface area contributed by atoms with Crippen LogP contribution in [-0.2, 0) is 0 Å². The van der Waals surface area contributed by atoms with E-state index in [1.165, 1.54) is 4.90 Å². The summed E-state index contributed by atoms with van der Waals surface area (Å²) >= 11 is 3.31. The number of carbonyl (C=O) groups excluding carboxylic acids is 3. The van der Waals surface area contributed by atoms with Crippen molar-refractivity contribution in [1.82, 2.24) is 15.2 Å². The largest absolute Gasteiger partial charge is 0.338 e. The number of hydrogen-bond acceptors (Lipinski definition) is 4. The van der Waals surface area contributed by atoms with E-state index in [2.05, 4.69) is 31.5 Å². The number of benzene rings is 2. The average molecular weight is 453 g/mol. The maximum atomic E-state index is 12.4. The van der Waals surface area contributed by atoms with Crippen LogP contribution >= 0.6 is 15.9 Å². The molecule has 7 nitrogen and oxygen atoms in total. The lowest BCUT2D eigenvalue weighted by Crippen LogP contribution is -2.35. The molecule has 0 saturated carbocycles. The fraction of sp³-hybridized carbons (Fsp3) is 0.143. The first kappa shape index (κ1) is 19.1. The molecule has 0 spiro atoms. The van der Waals surface area contributed by atoms with Gasteiger partial charge in [0.1, 0.15) is 0 Å². The summed E-state index contributed by atoms with van der Waals surface area (Å²) in [4.78, 5) is 42.5. The van der Waals surface area contributed by atoms with E-state index in [1.807, 2.05) is 24.3 Å². The van der Waals surface area contributed by atoms with Gasteiger partial charge < -0.3 is 10.6 Å². The Labute approximate surface area is 175 Å². The van der Waals surface area contributed by atoms with Gasteiger partial charge in [0.2, 0.25) is 0 Å². The number of nitrogens with zero attached hydrogens (tertiary/aromatic N) is 2. The molecule has 0 unspecified atom stereocenters. The number of hydrogen-bond donors (Lipinski definition) is 2. The van der Waals surface area contributed by atoms with Gasteiger partial charge in [0.05, 0.1) is 22.3 Å². The Morgan fingerprint density at radius 2 is 1.83 bits per heavy atom. The maximum absolute atomic E-state index is 12.4. The minimum atomic E-state index is -0.366. The van der Waals surface area contributed by atoms with Gasteiger partial charge in [0.25, 0.3) is 11.8 Å². The van der Waals surface area contributed by atoms with Crippen LogP contribution in [0.5, 0.6) is 0 Å². The topological polar surface area (TPSA) is 91.4 Å². The van der Waals surface area contributed by atoms with Gasteiger partial charge in [0, 0.05) is 29.1 Å². The number of urea groups is 1. The molecule has 0 fully saturated rings. The summed E-state index contributed by atoms with van der Waals surface area (Å²) in [5.74, 6) is -0.610. The Bertz CT molecular complexity index is 1130. The van der Waals surface area contributed by atoms with Gasteiger partial charge in [-0.25, -0.2) is 4.79 Å². The number of carbonyl (C=O) groups is 3. The van der Waals surface area contributed by atoms with Crippen LogP contribution < -0.4 is 10.6 Å². The second-order valence-corrected chi connectivity index (χ2v) is 7.48. The number of aromatic nitrogens is 1. The summed E-state index contributed by atoms with van der Waals surface area (Å²) in [5, 5.41) is 6.46. The molecule has 8 heteroatoms. The lowest BCUT2D eigenvalue weighted by atomic mass is 10.1. The van der Waals surface area contributed by atoms with E-state index < -0.39 is 0 Å². The number of anilines is 1. The number of amides is 4. The average Bonchev–Trinajstić information content (AvgIpc) is 2.95. The van der Waals surface area contributed by atoms with E-state index in [-0.39, 0.29) is 24.4 Å². The zero-order valence-electron chi connectivity index (χ0n) is 15.3. The van der Waals surface area contributed by atoms with Crippen LogP contribution in [0.1, 0.15) is 27.1 Å². The van der Waals surface area contributed by atoms with Crippen molar-refractivity contribution in [3.63, 3.8) is 0 Å². The number of nitrogens with one attached hydrogen (secondary N) is 2. The zero-order valence-corrected chi connectivity index (χ0v) is 16.9. The van der Waals surface area contributed by atoms with Gasteiger partial charge in [0.15, 0.2) is 0 Å². The number of imide groups is 1. The molecule has 4 amide bonds. The van der Waals surface area contributed by atoms with Crippen LogP contribution in [0.2, 0.25) is 0 Å². The Morgan fingerprint density at radius 1 is 1.03 bits per heavy atom. The Balaban J connectivity index is 1.30. The second kappa shape index (κ2) is 8.00. The molecule has 4 rings (SSSR count). The van der Waals surface area contributed by atoms with Crippen LogP contribution in [0.4, 0.5) is 10.5 Å². The highest BCUT2D eigenvalue weighted by Crippen LogP contribution is 2.26. The molecule has 2 aromatic carbocycles. The van der Waals surface area contributed by atoms with Crippen LogP contribution in [-0.4, -0.2) is 40.8 Å². The summed E-state index contributed by atoms with van der Waals surface area (Å²) in [6, 6.07) is 14.0. The standard InChI is InChI=1S/C21H17BrN4O3/c22-14-7-8-15-16(12-14)20(28)26(19(15)27)11-3-10-24-21(29)25-17-6-1-4-13-5-2-9-23-18(13)17/h1-2,4-9,12H,3,10-11H2,(H2,24,25,29). The third kappa shape index (κ3) is 3.84.